The van der Waals surface area contributed by atoms with Crippen LogP contribution in [0.15, 0.2) is 48.7 Å². The first-order valence-electron chi connectivity index (χ1n) is 10.0. The van der Waals surface area contributed by atoms with Gasteiger partial charge in [0.05, 0.1) is 0 Å². The highest BCUT2D eigenvalue weighted by molar-refractivity contribution is 5.89. The molecule has 3 heterocycles. The minimum Gasteiger partial charge on any atom is -0.324 e. The van der Waals surface area contributed by atoms with Gasteiger partial charge in [-0.3, -0.25) is 0 Å². The molecule has 4 rings (SSSR count). The lowest BCUT2D eigenvalue weighted by Gasteiger charge is -2.18. The minimum absolute atomic E-state index is 0.0222. The predicted octanol–water partition coefficient (Wildman–Crippen LogP) is 4.18. The number of aromatic nitrogens is 3. The molecule has 0 spiro atoms. The average molecular weight is 377 g/mol. The molecule has 0 radical (unpaired) electrons. The number of hydrogen-bond donors (Lipinski definition) is 1. The van der Waals surface area contributed by atoms with Gasteiger partial charge in [0.25, 0.3) is 0 Å². The van der Waals surface area contributed by atoms with Gasteiger partial charge in [0, 0.05) is 37.9 Å². The number of amides is 2. The number of likely N-dealkylation sites (tertiary alicyclic amines) is 1. The van der Waals surface area contributed by atoms with E-state index in [4.69, 9.17) is 4.98 Å². The van der Waals surface area contributed by atoms with Gasteiger partial charge in [-0.05, 0) is 42.5 Å². The van der Waals surface area contributed by atoms with Gasteiger partial charge < -0.3 is 14.8 Å². The van der Waals surface area contributed by atoms with E-state index >= 15 is 0 Å². The predicted molar refractivity (Wildman–Crippen MR) is 111 cm³/mol. The van der Waals surface area contributed by atoms with Crippen LogP contribution in [-0.2, 0) is 13.0 Å². The van der Waals surface area contributed by atoms with Crippen molar-refractivity contribution in [3.8, 4) is 0 Å². The highest BCUT2D eigenvalue weighted by atomic mass is 16.2. The summed E-state index contributed by atoms with van der Waals surface area (Å²) in [6, 6.07) is 13.6. The molecule has 0 aliphatic carbocycles. The molecule has 1 aromatic carbocycles. The largest absolute Gasteiger partial charge is 0.324 e. The number of nitrogens with one attached hydrogen (secondary N) is 1. The van der Waals surface area contributed by atoms with Crippen molar-refractivity contribution in [2.75, 3.05) is 18.4 Å². The monoisotopic (exact) mass is 377 g/mol. The third-order valence-electron chi connectivity index (χ3n) is 5.20. The summed E-state index contributed by atoms with van der Waals surface area (Å²) in [6.07, 6.45) is 3.70. The lowest BCUT2D eigenvalue weighted by Crippen LogP contribution is -2.33. The molecule has 1 aliphatic rings. The standard InChI is InChI=1S/C22H27N5O/c1-16(2)14-27-20(25-19-9-6-11-23-21(19)27)13-17-10-12-26(15-17)22(28)24-18-7-4-3-5-8-18/h3-9,11,16-17H,10,12-15H2,1-2H3,(H,24,28)/t17-/m1/s1. The molecule has 0 unspecified atom stereocenters. The van der Waals surface area contributed by atoms with Crippen molar-refractivity contribution in [1.82, 2.24) is 19.4 Å². The molecule has 6 nitrogen and oxygen atoms in total. The molecule has 1 N–H and O–H groups in total. The second kappa shape index (κ2) is 8.00. The quantitative estimate of drug-likeness (QED) is 0.725. The Morgan fingerprint density at radius 2 is 2.04 bits per heavy atom. The number of carbonyl (C=O) groups excluding carboxylic acids is 1. The number of fused-ring (bicyclic) bond motifs is 1. The molecule has 6 heteroatoms. The molecule has 0 bridgehead atoms. The normalized spacial score (nSPS) is 16.8. The van der Waals surface area contributed by atoms with Crippen LogP contribution in [-0.4, -0.2) is 38.6 Å². The first-order chi connectivity index (χ1) is 13.6. The number of carbonyl (C=O) groups is 1. The zero-order valence-corrected chi connectivity index (χ0v) is 16.5. The van der Waals surface area contributed by atoms with Crippen LogP contribution in [0.4, 0.5) is 10.5 Å². The van der Waals surface area contributed by atoms with Crippen molar-refractivity contribution in [2.45, 2.75) is 33.2 Å². The van der Waals surface area contributed by atoms with Gasteiger partial charge in [-0.1, -0.05) is 32.0 Å². The Labute approximate surface area is 165 Å². The van der Waals surface area contributed by atoms with Gasteiger partial charge in [0.1, 0.15) is 11.3 Å². The van der Waals surface area contributed by atoms with Crippen LogP contribution in [0.1, 0.15) is 26.1 Å². The van der Waals surface area contributed by atoms with E-state index in [0.717, 1.165) is 55.2 Å². The number of imidazole rings is 1. The SMILES string of the molecule is CC(C)Cn1c(C[C@H]2CCN(C(=O)Nc3ccccc3)C2)nc2cccnc21. The van der Waals surface area contributed by atoms with Crippen LogP contribution >= 0.6 is 0 Å². The lowest BCUT2D eigenvalue weighted by molar-refractivity contribution is 0.220. The van der Waals surface area contributed by atoms with Crippen molar-refractivity contribution in [2.24, 2.45) is 11.8 Å². The molecular weight excluding hydrogens is 350 g/mol. The van der Waals surface area contributed by atoms with Gasteiger partial charge in [0.2, 0.25) is 0 Å². The van der Waals surface area contributed by atoms with E-state index in [9.17, 15) is 4.79 Å². The van der Waals surface area contributed by atoms with Gasteiger partial charge in [-0.2, -0.15) is 0 Å². The van der Waals surface area contributed by atoms with E-state index in [2.05, 4.69) is 28.7 Å². The van der Waals surface area contributed by atoms with E-state index in [1.165, 1.54) is 0 Å². The number of hydrogen-bond acceptors (Lipinski definition) is 3. The van der Waals surface area contributed by atoms with E-state index < -0.39 is 0 Å². The summed E-state index contributed by atoms with van der Waals surface area (Å²) in [5.41, 5.74) is 2.75. The third-order valence-corrected chi connectivity index (χ3v) is 5.20. The molecule has 3 aromatic rings. The number of benzene rings is 1. The molecule has 1 atom stereocenters. The van der Waals surface area contributed by atoms with E-state index in [0.29, 0.717) is 11.8 Å². The highest BCUT2D eigenvalue weighted by Gasteiger charge is 2.28. The first kappa shape index (κ1) is 18.5. The second-order valence-electron chi connectivity index (χ2n) is 7.98. The van der Waals surface area contributed by atoms with Crippen LogP contribution in [0, 0.1) is 11.8 Å². The summed E-state index contributed by atoms with van der Waals surface area (Å²) >= 11 is 0. The molecule has 1 fully saturated rings. The Morgan fingerprint density at radius 3 is 2.82 bits per heavy atom. The fourth-order valence-corrected chi connectivity index (χ4v) is 3.88. The zero-order valence-electron chi connectivity index (χ0n) is 16.5. The Bertz CT molecular complexity index is 950. The molecule has 2 amide bonds. The van der Waals surface area contributed by atoms with Crippen molar-refractivity contribution in [1.29, 1.82) is 0 Å². The molecule has 2 aromatic heterocycles. The molecular formula is C22H27N5O. The van der Waals surface area contributed by atoms with Crippen molar-refractivity contribution >= 4 is 22.9 Å². The Balaban J connectivity index is 1.45. The zero-order chi connectivity index (χ0) is 19.5. The van der Waals surface area contributed by atoms with Gasteiger partial charge in [0.15, 0.2) is 5.65 Å². The number of anilines is 1. The van der Waals surface area contributed by atoms with Crippen molar-refractivity contribution < 1.29 is 4.79 Å². The number of nitrogens with zero attached hydrogens (tertiary/aromatic N) is 4. The van der Waals surface area contributed by atoms with E-state index in [1.54, 1.807) is 0 Å². The minimum atomic E-state index is -0.0222. The maximum Gasteiger partial charge on any atom is 0.321 e. The van der Waals surface area contributed by atoms with Crippen LogP contribution in [0.5, 0.6) is 0 Å². The summed E-state index contributed by atoms with van der Waals surface area (Å²) in [7, 11) is 0. The van der Waals surface area contributed by atoms with Crippen LogP contribution in [0.25, 0.3) is 11.2 Å². The summed E-state index contributed by atoms with van der Waals surface area (Å²) in [5, 5.41) is 2.98. The molecule has 0 saturated carbocycles. The lowest BCUT2D eigenvalue weighted by atomic mass is 10.0. The second-order valence-corrected chi connectivity index (χ2v) is 7.98. The highest BCUT2D eigenvalue weighted by Crippen LogP contribution is 2.24. The van der Waals surface area contributed by atoms with E-state index in [-0.39, 0.29) is 6.03 Å². The molecule has 28 heavy (non-hydrogen) atoms. The summed E-state index contributed by atoms with van der Waals surface area (Å²) in [4.78, 5) is 23.9. The van der Waals surface area contributed by atoms with Gasteiger partial charge in [-0.15, -0.1) is 0 Å². The average Bonchev–Trinajstić information content (AvgIpc) is 3.28. The number of urea groups is 1. The van der Waals surface area contributed by atoms with Gasteiger partial charge in [-0.25, -0.2) is 14.8 Å². The Hall–Kier alpha value is -2.89. The topological polar surface area (TPSA) is 63.1 Å². The van der Waals surface area contributed by atoms with Crippen molar-refractivity contribution in [3.05, 3.63) is 54.5 Å². The van der Waals surface area contributed by atoms with Crippen LogP contribution < -0.4 is 5.32 Å². The number of para-hydroxylation sites is 1. The van der Waals surface area contributed by atoms with E-state index in [1.807, 2.05) is 53.6 Å². The molecule has 146 valence electrons. The molecule has 1 aliphatic heterocycles. The molecule has 1 saturated heterocycles. The summed E-state index contributed by atoms with van der Waals surface area (Å²) < 4.78 is 2.26. The maximum atomic E-state index is 12.5. The number of rotatable bonds is 5. The summed E-state index contributed by atoms with van der Waals surface area (Å²) in [6.45, 7) is 6.88. The van der Waals surface area contributed by atoms with Crippen LogP contribution in [0.3, 0.4) is 0 Å². The van der Waals surface area contributed by atoms with Crippen LogP contribution in [0.2, 0.25) is 0 Å². The summed E-state index contributed by atoms with van der Waals surface area (Å²) in [5.74, 6) is 2.02. The number of pyridine rings is 1. The Morgan fingerprint density at radius 1 is 1.21 bits per heavy atom. The fraction of sp³-hybridized carbons (Fsp3) is 0.409. The van der Waals surface area contributed by atoms with Crippen molar-refractivity contribution in [3.63, 3.8) is 0 Å². The third kappa shape index (κ3) is 4.01. The van der Waals surface area contributed by atoms with Gasteiger partial charge >= 0.3 is 6.03 Å². The smallest absolute Gasteiger partial charge is 0.321 e. The maximum absolute atomic E-state index is 12.5. The Kier molecular flexibility index (Phi) is 5.28. The first-order valence-corrected chi connectivity index (χ1v) is 10.0. The fourth-order valence-electron chi connectivity index (χ4n) is 3.88.